The Balaban J connectivity index is 1.24. The molecular formula is C30H42ClN3O3. The van der Waals surface area contributed by atoms with E-state index in [1.54, 1.807) is 4.68 Å². The second kappa shape index (κ2) is 9.31. The number of ether oxygens (including phenoxy) is 1. The zero-order valence-corrected chi connectivity index (χ0v) is 23.3. The lowest BCUT2D eigenvalue weighted by Gasteiger charge is -2.62. The van der Waals surface area contributed by atoms with Crippen molar-refractivity contribution in [3.63, 3.8) is 0 Å². The molecule has 0 aliphatic heterocycles. The van der Waals surface area contributed by atoms with Gasteiger partial charge in [0.1, 0.15) is 12.1 Å². The molecule has 1 aromatic heterocycles. The van der Waals surface area contributed by atoms with Gasteiger partial charge in [-0.15, -0.1) is 5.10 Å². The fourth-order valence-corrected chi connectivity index (χ4v) is 9.81. The molecule has 4 aliphatic carbocycles. The predicted molar refractivity (Wildman–Crippen MR) is 144 cm³/mol. The molecule has 1 N–H and O–H groups in total. The Hall–Kier alpha value is -1.50. The van der Waals surface area contributed by atoms with Gasteiger partial charge in [-0.05, 0) is 124 Å². The smallest absolute Gasteiger partial charge is 0.157 e. The lowest BCUT2D eigenvalue weighted by molar-refractivity contribution is -0.178. The molecule has 4 aliphatic rings. The van der Waals surface area contributed by atoms with Gasteiger partial charge in [-0.1, -0.05) is 23.7 Å². The molecule has 8 atom stereocenters. The van der Waals surface area contributed by atoms with Crippen LogP contribution in [0.4, 0.5) is 0 Å². The van der Waals surface area contributed by atoms with E-state index in [9.17, 15) is 9.90 Å². The van der Waals surface area contributed by atoms with E-state index in [2.05, 4.69) is 24.2 Å². The highest BCUT2D eigenvalue weighted by molar-refractivity contribution is 6.31. The van der Waals surface area contributed by atoms with Crippen molar-refractivity contribution >= 4 is 28.4 Å². The van der Waals surface area contributed by atoms with Crippen molar-refractivity contribution in [3.8, 4) is 0 Å². The van der Waals surface area contributed by atoms with Crippen LogP contribution in [0.1, 0.15) is 78.6 Å². The van der Waals surface area contributed by atoms with Gasteiger partial charge in [0.25, 0.3) is 0 Å². The Labute approximate surface area is 225 Å². The first kappa shape index (κ1) is 25.8. The number of halogens is 1. The number of hydrogen-bond donors (Lipinski definition) is 1. The van der Waals surface area contributed by atoms with Crippen molar-refractivity contribution < 1.29 is 14.6 Å². The number of Topliss-reactive ketones (excluding diaryl/α,β-unsaturated/α-hetero) is 1. The van der Waals surface area contributed by atoms with Gasteiger partial charge >= 0.3 is 0 Å². The molecule has 4 fully saturated rings. The van der Waals surface area contributed by atoms with Crippen molar-refractivity contribution in [2.75, 3.05) is 13.2 Å². The number of carbonyl (C=O) groups excluding carboxylic acids is 1. The number of fused-ring (bicyclic) bond motifs is 6. The molecule has 37 heavy (non-hydrogen) atoms. The van der Waals surface area contributed by atoms with Gasteiger partial charge < -0.3 is 9.84 Å². The summed E-state index contributed by atoms with van der Waals surface area (Å²) in [7, 11) is 0. The predicted octanol–water partition coefficient (Wildman–Crippen LogP) is 6.08. The number of carbonyl (C=O) groups is 1. The normalized spacial score (nSPS) is 41.3. The minimum absolute atomic E-state index is 0.0477. The van der Waals surface area contributed by atoms with Gasteiger partial charge in [0.05, 0.1) is 17.7 Å². The molecule has 6 nitrogen and oxygen atoms in total. The Morgan fingerprint density at radius 2 is 1.97 bits per heavy atom. The number of nitrogens with zero attached hydrogens (tertiary/aromatic N) is 3. The lowest BCUT2D eigenvalue weighted by Crippen LogP contribution is -2.58. The van der Waals surface area contributed by atoms with Crippen LogP contribution in [-0.4, -0.2) is 44.7 Å². The largest absolute Gasteiger partial charge is 0.390 e. The first-order valence-corrected chi connectivity index (χ1v) is 14.9. The fraction of sp³-hybridized carbons (Fsp3) is 0.767. The van der Waals surface area contributed by atoms with Gasteiger partial charge in [-0.25, -0.2) is 4.68 Å². The van der Waals surface area contributed by atoms with Crippen LogP contribution in [0.5, 0.6) is 0 Å². The number of benzene rings is 1. The van der Waals surface area contributed by atoms with E-state index in [0.717, 1.165) is 62.8 Å². The first-order chi connectivity index (χ1) is 17.7. The summed E-state index contributed by atoms with van der Waals surface area (Å²) in [5.74, 6) is 2.79. The molecule has 4 saturated carbocycles. The Morgan fingerprint density at radius 1 is 1.14 bits per heavy atom. The molecular weight excluding hydrogens is 486 g/mol. The lowest BCUT2D eigenvalue weighted by atomic mass is 9.43. The minimum atomic E-state index is -0.545. The third-order valence-corrected chi connectivity index (χ3v) is 11.6. The molecule has 2 aromatic rings. The van der Waals surface area contributed by atoms with E-state index >= 15 is 0 Å². The zero-order chi connectivity index (χ0) is 26.0. The molecule has 0 spiro atoms. The highest BCUT2D eigenvalue weighted by Gasteiger charge is 2.63. The standard InChI is InChI=1S/C30H42ClN3O3/c1-4-37-18-30-14-13-28(2,36)16-19(30)5-7-21-22-8-9-24(29(22,3)12-11-23(21)30)27(35)17-34-26-15-20(31)6-10-25(26)32-33-34/h6,10,15,19,21-24,36H,4-5,7-9,11-14,16-18H2,1-3H3. The van der Waals surface area contributed by atoms with E-state index in [-0.39, 0.29) is 23.3 Å². The number of hydrogen-bond acceptors (Lipinski definition) is 5. The van der Waals surface area contributed by atoms with E-state index in [1.807, 2.05) is 25.1 Å². The molecule has 1 heterocycles. The Morgan fingerprint density at radius 3 is 2.78 bits per heavy atom. The van der Waals surface area contributed by atoms with Crippen LogP contribution in [0.25, 0.3) is 11.0 Å². The van der Waals surface area contributed by atoms with Crippen LogP contribution in [0.3, 0.4) is 0 Å². The third-order valence-electron chi connectivity index (χ3n) is 11.4. The molecule has 6 rings (SSSR count). The number of aliphatic hydroxyl groups is 1. The monoisotopic (exact) mass is 527 g/mol. The van der Waals surface area contributed by atoms with Crippen LogP contribution in [0.15, 0.2) is 18.2 Å². The SMILES string of the molecule is CCOCC12CCC(C)(O)CC1CCC1C3CCC(C(=O)Cn4nnc5ccc(Cl)cc54)C3(C)CCC12. The van der Waals surface area contributed by atoms with Gasteiger partial charge in [0, 0.05) is 17.5 Å². The summed E-state index contributed by atoms with van der Waals surface area (Å²) in [6.45, 7) is 8.39. The van der Waals surface area contributed by atoms with Crippen molar-refractivity contribution in [2.45, 2.75) is 90.7 Å². The molecule has 8 unspecified atom stereocenters. The molecule has 7 heteroatoms. The molecule has 0 saturated heterocycles. The van der Waals surface area contributed by atoms with Crippen LogP contribution < -0.4 is 0 Å². The van der Waals surface area contributed by atoms with Crippen LogP contribution in [0, 0.1) is 40.4 Å². The quantitative estimate of drug-likeness (QED) is 0.492. The van der Waals surface area contributed by atoms with Crippen LogP contribution in [-0.2, 0) is 16.1 Å². The maximum atomic E-state index is 13.8. The second-order valence-corrected chi connectivity index (χ2v) is 13.7. The van der Waals surface area contributed by atoms with E-state index in [4.69, 9.17) is 16.3 Å². The molecule has 202 valence electrons. The molecule has 1 aromatic carbocycles. The topological polar surface area (TPSA) is 77.2 Å². The highest BCUT2D eigenvalue weighted by atomic mass is 35.5. The fourth-order valence-electron chi connectivity index (χ4n) is 9.65. The number of rotatable bonds is 6. The second-order valence-electron chi connectivity index (χ2n) is 13.2. The van der Waals surface area contributed by atoms with Crippen molar-refractivity contribution in [1.82, 2.24) is 15.0 Å². The summed E-state index contributed by atoms with van der Waals surface area (Å²) in [4.78, 5) is 13.8. The summed E-state index contributed by atoms with van der Waals surface area (Å²) < 4.78 is 7.93. The maximum absolute atomic E-state index is 13.8. The summed E-state index contributed by atoms with van der Waals surface area (Å²) in [6, 6.07) is 5.53. The Kier molecular flexibility index (Phi) is 6.48. The van der Waals surface area contributed by atoms with Gasteiger partial charge in [0.15, 0.2) is 5.78 Å². The summed E-state index contributed by atoms with van der Waals surface area (Å²) in [5, 5.41) is 20.1. The van der Waals surface area contributed by atoms with E-state index in [1.165, 1.54) is 19.3 Å². The minimum Gasteiger partial charge on any atom is -0.390 e. The molecule has 0 radical (unpaired) electrons. The molecule has 0 bridgehead atoms. The van der Waals surface area contributed by atoms with Crippen molar-refractivity contribution in [2.24, 2.45) is 40.4 Å². The van der Waals surface area contributed by atoms with Gasteiger partial charge in [-0.3, -0.25) is 4.79 Å². The van der Waals surface area contributed by atoms with Crippen molar-refractivity contribution in [3.05, 3.63) is 23.2 Å². The van der Waals surface area contributed by atoms with Crippen molar-refractivity contribution in [1.29, 1.82) is 0 Å². The summed E-state index contributed by atoms with van der Waals surface area (Å²) in [6.07, 6.45) is 9.66. The first-order valence-electron chi connectivity index (χ1n) is 14.5. The highest BCUT2D eigenvalue weighted by Crippen LogP contribution is 2.68. The van der Waals surface area contributed by atoms with Crippen LogP contribution in [0.2, 0.25) is 5.02 Å². The third kappa shape index (κ3) is 4.17. The van der Waals surface area contributed by atoms with Gasteiger partial charge in [0.2, 0.25) is 0 Å². The zero-order valence-electron chi connectivity index (χ0n) is 22.6. The number of aromatic nitrogens is 3. The Bertz CT molecular complexity index is 1180. The van der Waals surface area contributed by atoms with Gasteiger partial charge in [-0.2, -0.15) is 0 Å². The maximum Gasteiger partial charge on any atom is 0.157 e. The summed E-state index contributed by atoms with van der Waals surface area (Å²) >= 11 is 6.22. The summed E-state index contributed by atoms with van der Waals surface area (Å²) in [5.41, 5.74) is 1.29. The average molecular weight is 528 g/mol. The van der Waals surface area contributed by atoms with E-state index in [0.29, 0.717) is 34.5 Å². The molecule has 0 amide bonds. The van der Waals surface area contributed by atoms with E-state index < -0.39 is 5.60 Å². The van der Waals surface area contributed by atoms with Crippen LogP contribution >= 0.6 is 11.6 Å². The average Bonchev–Trinajstić information content (AvgIpc) is 3.42. The number of ketones is 1.